The average molecular weight is 492 g/mol. The molecule has 2 aliphatic rings. The van der Waals surface area contributed by atoms with E-state index in [0.29, 0.717) is 17.6 Å². The molecule has 8 heteroatoms. The van der Waals surface area contributed by atoms with Gasteiger partial charge in [0.25, 0.3) is 5.91 Å². The Morgan fingerprint density at radius 3 is 2.74 bits per heavy atom. The molecule has 2 atom stereocenters. The zero-order valence-corrected chi connectivity index (χ0v) is 19.3. The van der Waals surface area contributed by atoms with Crippen LogP contribution in [0.1, 0.15) is 20.9 Å². The molecule has 0 N–H and O–H groups in total. The highest BCUT2D eigenvalue weighted by Crippen LogP contribution is 2.43. The Kier molecular flexibility index (Phi) is 6.13. The Labute approximate surface area is 204 Å². The maximum absolute atomic E-state index is 13.3. The second-order valence-electron chi connectivity index (χ2n) is 7.66. The fraction of sp³-hybridized carbons (Fsp3) is 0.115. The van der Waals surface area contributed by atoms with Crippen molar-refractivity contribution in [3.8, 4) is 11.3 Å². The molecule has 0 saturated heterocycles. The molecule has 1 aliphatic carbocycles. The van der Waals surface area contributed by atoms with Gasteiger partial charge in [-0.3, -0.25) is 14.5 Å². The number of nitrogens with zero attached hydrogens (tertiary/aromatic N) is 1. The highest BCUT2D eigenvalue weighted by atomic mass is 35.5. The van der Waals surface area contributed by atoms with E-state index in [9.17, 15) is 14.4 Å². The van der Waals surface area contributed by atoms with E-state index in [1.54, 1.807) is 34.9 Å². The van der Waals surface area contributed by atoms with Gasteiger partial charge in [-0.05, 0) is 42.5 Å². The zero-order valence-electron chi connectivity index (χ0n) is 17.7. The van der Waals surface area contributed by atoms with Crippen LogP contribution in [0.25, 0.3) is 11.3 Å². The lowest BCUT2D eigenvalue weighted by Gasteiger charge is -2.40. The summed E-state index contributed by atoms with van der Waals surface area (Å²) in [6, 6.07) is 15.4. The quantitative estimate of drug-likeness (QED) is 0.343. The number of aldehydes is 1. The van der Waals surface area contributed by atoms with Crippen LogP contribution in [-0.4, -0.2) is 36.1 Å². The van der Waals surface area contributed by atoms with Crippen molar-refractivity contribution in [1.82, 2.24) is 0 Å². The number of anilines is 1. The van der Waals surface area contributed by atoms with Crippen molar-refractivity contribution < 1.29 is 23.5 Å². The van der Waals surface area contributed by atoms with E-state index in [2.05, 4.69) is 6.08 Å². The summed E-state index contributed by atoms with van der Waals surface area (Å²) in [7, 11) is 0. The number of allylic oxidation sites excluding steroid dienone is 2. The average Bonchev–Trinajstić information content (AvgIpc) is 3.35. The number of hydrogen-bond acceptors (Lipinski definition) is 6. The predicted molar refractivity (Wildman–Crippen MR) is 130 cm³/mol. The minimum absolute atomic E-state index is 0.0789. The highest BCUT2D eigenvalue weighted by Gasteiger charge is 2.36. The fourth-order valence-corrected chi connectivity index (χ4v) is 5.41. The van der Waals surface area contributed by atoms with Gasteiger partial charge in [0.15, 0.2) is 18.7 Å². The molecule has 2 aromatic carbocycles. The van der Waals surface area contributed by atoms with Gasteiger partial charge in [-0.25, -0.2) is 4.79 Å². The maximum Gasteiger partial charge on any atom is 0.340 e. The van der Waals surface area contributed by atoms with Crippen LogP contribution >= 0.6 is 23.4 Å². The molecular formula is C26H18ClNO5S. The second kappa shape index (κ2) is 9.37. The van der Waals surface area contributed by atoms with Crippen molar-refractivity contribution in [2.24, 2.45) is 0 Å². The minimum Gasteiger partial charge on any atom is -0.453 e. The van der Waals surface area contributed by atoms with Crippen LogP contribution in [0.2, 0.25) is 5.02 Å². The third-order valence-electron chi connectivity index (χ3n) is 5.55. The zero-order chi connectivity index (χ0) is 23.7. The van der Waals surface area contributed by atoms with E-state index >= 15 is 0 Å². The maximum atomic E-state index is 13.3. The summed E-state index contributed by atoms with van der Waals surface area (Å²) in [5, 5.41) is 0.263. The summed E-state index contributed by atoms with van der Waals surface area (Å²) in [4.78, 5) is 39.7. The first-order valence-corrected chi connectivity index (χ1v) is 11.8. The van der Waals surface area contributed by atoms with Crippen LogP contribution in [0.3, 0.4) is 0 Å². The number of rotatable bonds is 5. The Morgan fingerprint density at radius 2 is 1.91 bits per heavy atom. The normalized spacial score (nSPS) is 18.2. The lowest BCUT2D eigenvalue weighted by molar-refractivity contribution is -0.122. The Balaban J connectivity index is 1.35. The summed E-state index contributed by atoms with van der Waals surface area (Å²) in [6.45, 7) is -0.435. The summed E-state index contributed by atoms with van der Waals surface area (Å²) < 4.78 is 10.8. The van der Waals surface area contributed by atoms with Gasteiger partial charge in [0.2, 0.25) is 0 Å². The molecule has 1 aliphatic heterocycles. The first-order valence-electron chi connectivity index (χ1n) is 10.5. The van der Waals surface area contributed by atoms with E-state index in [-0.39, 0.29) is 33.5 Å². The SMILES string of the molecule is O=Cc1ccc(-c2ccc(Cl)c(C(=O)OCC(=O)N3c4ccccc4S[C@H]4C=CC=C[C@H]43)c2)o1. The molecule has 0 bridgehead atoms. The van der Waals surface area contributed by atoms with Crippen molar-refractivity contribution in [2.75, 3.05) is 11.5 Å². The van der Waals surface area contributed by atoms with E-state index in [4.69, 9.17) is 20.8 Å². The minimum atomic E-state index is -0.724. The summed E-state index contributed by atoms with van der Waals surface area (Å²) in [5.41, 5.74) is 1.45. The van der Waals surface area contributed by atoms with E-state index in [0.717, 1.165) is 10.6 Å². The molecule has 3 aromatic rings. The lowest BCUT2D eigenvalue weighted by Crippen LogP contribution is -2.49. The molecule has 0 spiro atoms. The summed E-state index contributed by atoms with van der Waals surface area (Å²) in [6.07, 6.45) is 8.52. The second-order valence-corrected chi connectivity index (χ2v) is 9.29. The molecular weight excluding hydrogens is 474 g/mol. The molecule has 1 amide bonds. The van der Waals surface area contributed by atoms with Crippen LogP contribution in [0.15, 0.2) is 88.2 Å². The molecule has 0 radical (unpaired) electrons. The number of ether oxygens (including phenoxy) is 1. The Hall–Kier alpha value is -3.55. The van der Waals surface area contributed by atoms with Gasteiger partial charge in [0.1, 0.15) is 5.76 Å². The van der Waals surface area contributed by atoms with Gasteiger partial charge >= 0.3 is 5.97 Å². The summed E-state index contributed by atoms with van der Waals surface area (Å²) >= 11 is 7.93. The smallest absolute Gasteiger partial charge is 0.340 e. The van der Waals surface area contributed by atoms with Crippen molar-refractivity contribution in [2.45, 2.75) is 16.2 Å². The molecule has 6 nitrogen and oxygen atoms in total. The molecule has 5 rings (SSSR count). The number of carbonyl (C=O) groups excluding carboxylic acids is 3. The Morgan fingerprint density at radius 1 is 1.09 bits per heavy atom. The van der Waals surface area contributed by atoms with Crippen molar-refractivity contribution in [3.63, 3.8) is 0 Å². The van der Waals surface area contributed by atoms with Crippen LogP contribution in [0, 0.1) is 0 Å². The molecule has 0 saturated carbocycles. The molecule has 1 aromatic heterocycles. The number of fused-ring (bicyclic) bond motifs is 2. The van der Waals surface area contributed by atoms with Crippen LogP contribution in [-0.2, 0) is 9.53 Å². The van der Waals surface area contributed by atoms with E-state index in [1.165, 1.54) is 12.1 Å². The summed E-state index contributed by atoms with van der Waals surface area (Å²) in [5.74, 6) is -0.471. The van der Waals surface area contributed by atoms with Crippen LogP contribution < -0.4 is 4.90 Å². The van der Waals surface area contributed by atoms with E-state index < -0.39 is 12.6 Å². The van der Waals surface area contributed by atoms with Gasteiger partial charge in [-0.15, -0.1) is 11.8 Å². The number of halogens is 1. The topological polar surface area (TPSA) is 76.8 Å². The third-order valence-corrected chi connectivity index (χ3v) is 7.19. The van der Waals surface area contributed by atoms with Gasteiger partial charge in [0, 0.05) is 10.5 Å². The molecule has 0 unspecified atom stereocenters. The number of amides is 1. The monoisotopic (exact) mass is 491 g/mol. The van der Waals surface area contributed by atoms with E-state index in [1.807, 2.05) is 42.5 Å². The standard InChI is InChI=1S/C26H18ClNO5S/c27-19-11-9-16(22-12-10-17(14-29)33-22)13-18(19)26(31)32-15-25(30)28-20-5-1-3-7-23(20)34-24-8-4-2-6-21(24)28/h1-14,20,23H,15H2/t20-,23+/m1/s1. The first kappa shape index (κ1) is 22.3. The number of carbonyl (C=O) groups is 3. The number of hydrogen-bond donors (Lipinski definition) is 0. The number of benzene rings is 2. The fourth-order valence-electron chi connectivity index (χ4n) is 3.96. The van der Waals surface area contributed by atoms with Crippen LogP contribution in [0.4, 0.5) is 5.69 Å². The molecule has 170 valence electrons. The highest BCUT2D eigenvalue weighted by molar-refractivity contribution is 8.00. The van der Waals surface area contributed by atoms with Crippen molar-refractivity contribution in [3.05, 3.63) is 95.2 Å². The molecule has 0 fully saturated rings. The largest absolute Gasteiger partial charge is 0.453 e. The Bertz CT molecular complexity index is 1340. The number of para-hydroxylation sites is 1. The van der Waals surface area contributed by atoms with Gasteiger partial charge < -0.3 is 9.15 Å². The first-order chi connectivity index (χ1) is 16.5. The van der Waals surface area contributed by atoms with Gasteiger partial charge in [-0.1, -0.05) is 48.0 Å². The van der Waals surface area contributed by atoms with Gasteiger partial charge in [-0.2, -0.15) is 0 Å². The van der Waals surface area contributed by atoms with Crippen molar-refractivity contribution in [1.29, 1.82) is 0 Å². The molecule has 2 heterocycles. The van der Waals surface area contributed by atoms with Gasteiger partial charge in [0.05, 0.1) is 27.6 Å². The number of esters is 1. The third kappa shape index (κ3) is 4.20. The number of furan rings is 1. The lowest BCUT2D eigenvalue weighted by atomic mass is 10.0. The van der Waals surface area contributed by atoms with Crippen molar-refractivity contribution >= 4 is 47.2 Å². The van der Waals surface area contributed by atoms with Crippen LogP contribution in [0.5, 0.6) is 0 Å². The molecule has 34 heavy (non-hydrogen) atoms. The number of thioether (sulfide) groups is 1. The predicted octanol–water partition coefficient (Wildman–Crippen LogP) is 5.57.